The topological polar surface area (TPSA) is 17.8 Å². The first-order chi connectivity index (χ1) is 26.1. The number of rotatable bonds is 4. The first-order valence-corrected chi connectivity index (χ1v) is 19.1. The maximum Gasteiger partial charge on any atom is 0.0723 e. The van der Waals surface area contributed by atoms with Gasteiger partial charge in [-0.3, -0.25) is 0 Å². The van der Waals surface area contributed by atoms with Crippen molar-refractivity contribution in [3.05, 3.63) is 181 Å². The Morgan fingerprint density at radius 3 is 1.89 bits per heavy atom. The third-order valence-corrected chi connectivity index (χ3v) is 12.5. The van der Waals surface area contributed by atoms with E-state index in [4.69, 9.17) is 4.98 Å². The number of nitrogens with zero attached hydrogens (tertiary/aromatic N) is 2. The molecule has 0 amide bonds. The van der Waals surface area contributed by atoms with E-state index >= 15 is 0 Å². The molecule has 2 nitrogen and oxygen atoms in total. The van der Waals surface area contributed by atoms with E-state index in [0.29, 0.717) is 0 Å². The molecule has 0 aliphatic heterocycles. The number of hydrogen-bond acceptors (Lipinski definition) is 2. The van der Waals surface area contributed by atoms with Gasteiger partial charge in [0.05, 0.1) is 27.1 Å². The highest BCUT2D eigenvalue weighted by Gasteiger charge is 2.40. The van der Waals surface area contributed by atoms with Gasteiger partial charge in [0.1, 0.15) is 0 Å². The van der Waals surface area contributed by atoms with E-state index < -0.39 is 0 Å². The van der Waals surface area contributed by atoms with Crippen LogP contribution in [0.5, 0.6) is 0 Å². The predicted molar refractivity (Wildman–Crippen MR) is 225 cm³/mol. The SMILES string of the molecule is CC1(C)c2ccccc2-c2c1c1c3ccccc3n(-c3ccc(-c4cc(-c5ccccc5)cc(-c5ccccc5)n4)cc3)c1c1sc3ccccc3c21. The summed E-state index contributed by atoms with van der Waals surface area (Å²) >= 11 is 1.92. The zero-order valence-corrected chi connectivity index (χ0v) is 30.3. The maximum absolute atomic E-state index is 5.23. The van der Waals surface area contributed by atoms with Crippen LogP contribution < -0.4 is 0 Å². The second-order valence-corrected chi connectivity index (χ2v) is 15.8. The molecule has 3 aromatic heterocycles. The van der Waals surface area contributed by atoms with Gasteiger partial charge in [0.15, 0.2) is 0 Å². The van der Waals surface area contributed by atoms with Crippen molar-refractivity contribution in [2.45, 2.75) is 19.3 Å². The fourth-order valence-corrected chi connectivity index (χ4v) is 10.2. The molecule has 0 saturated carbocycles. The first kappa shape index (κ1) is 30.3. The quantitative estimate of drug-likeness (QED) is 0.179. The van der Waals surface area contributed by atoms with Crippen molar-refractivity contribution in [3.63, 3.8) is 0 Å². The molecule has 3 heterocycles. The van der Waals surface area contributed by atoms with Gasteiger partial charge in [0.25, 0.3) is 0 Å². The molecule has 11 rings (SSSR count). The van der Waals surface area contributed by atoms with Crippen molar-refractivity contribution in [1.82, 2.24) is 9.55 Å². The van der Waals surface area contributed by atoms with Crippen LogP contribution in [0.3, 0.4) is 0 Å². The van der Waals surface area contributed by atoms with Crippen LogP contribution in [0.15, 0.2) is 170 Å². The average molecular weight is 695 g/mol. The Balaban J connectivity index is 1.18. The molecule has 0 fully saturated rings. The summed E-state index contributed by atoms with van der Waals surface area (Å²) < 4.78 is 5.19. The standard InChI is InChI=1S/C50H34N2S/c1-50(2)39-22-12-9-19-36(39)44-45-38-21-11-14-24-43(38)53-49(45)48-46(47(44)50)37-20-10-13-23-42(37)52(48)35-27-25-33(26-28-35)41-30-34(31-15-5-3-6-16-31)29-40(51-41)32-17-7-4-8-18-32/h3-30H,1-2H3. The Morgan fingerprint density at radius 1 is 0.528 bits per heavy atom. The molecule has 1 aliphatic carbocycles. The molecule has 0 saturated heterocycles. The molecule has 0 N–H and O–H groups in total. The molecule has 7 aromatic carbocycles. The molecule has 53 heavy (non-hydrogen) atoms. The van der Waals surface area contributed by atoms with E-state index in [-0.39, 0.29) is 5.41 Å². The number of aromatic nitrogens is 2. The number of benzene rings is 7. The summed E-state index contributed by atoms with van der Waals surface area (Å²) in [5, 5.41) is 5.38. The molecule has 0 unspecified atom stereocenters. The van der Waals surface area contributed by atoms with Gasteiger partial charge in [0.2, 0.25) is 0 Å². The summed E-state index contributed by atoms with van der Waals surface area (Å²) in [6, 6.07) is 61.6. The van der Waals surface area contributed by atoms with Gasteiger partial charge in [-0.1, -0.05) is 147 Å². The Bertz CT molecular complexity index is 3000. The molecule has 1 aliphatic rings. The molecule has 0 radical (unpaired) electrons. The van der Waals surface area contributed by atoms with Crippen LogP contribution in [-0.4, -0.2) is 9.55 Å². The Labute approximate surface area is 312 Å². The maximum atomic E-state index is 5.23. The molecular weight excluding hydrogens is 661 g/mol. The number of para-hydroxylation sites is 1. The number of hydrogen-bond donors (Lipinski definition) is 0. The van der Waals surface area contributed by atoms with E-state index in [1.54, 1.807) is 0 Å². The highest BCUT2D eigenvalue weighted by molar-refractivity contribution is 7.26. The summed E-state index contributed by atoms with van der Waals surface area (Å²) in [5.74, 6) is 0. The van der Waals surface area contributed by atoms with Crippen LogP contribution in [0.25, 0.3) is 92.4 Å². The lowest BCUT2D eigenvalue weighted by atomic mass is 9.80. The van der Waals surface area contributed by atoms with Gasteiger partial charge in [-0.05, 0) is 69.8 Å². The lowest BCUT2D eigenvalue weighted by Crippen LogP contribution is -2.15. The van der Waals surface area contributed by atoms with E-state index in [2.05, 4.69) is 188 Å². The minimum atomic E-state index is -0.161. The second-order valence-electron chi connectivity index (χ2n) is 14.7. The number of pyridine rings is 1. The number of thiophene rings is 1. The van der Waals surface area contributed by atoms with Crippen LogP contribution in [0, 0.1) is 0 Å². The highest BCUT2D eigenvalue weighted by Crippen LogP contribution is 2.58. The van der Waals surface area contributed by atoms with Gasteiger partial charge < -0.3 is 4.57 Å². The van der Waals surface area contributed by atoms with Crippen molar-refractivity contribution < 1.29 is 0 Å². The zero-order valence-electron chi connectivity index (χ0n) is 29.5. The smallest absolute Gasteiger partial charge is 0.0723 e. The van der Waals surface area contributed by atoms with E-state index in [1.165, 1.54) is 69.8 Å². The summed E-state index contributed by atoms with van der Waals surface area (Å²) in [4.78, 5) is 5.23. The summed E-state index contributed by atoms with van der Waals surface area (Å²) in [6.45, 7) is 4.83. The number of fused-ring (bicyclic) bond motifs is 12. The average Bonchev–Trinajstić information content (AvgIpc) is 3.84. The van der Waals surface area contributed by atoms with Crippen LogP contribution in [0.1, 0.15) is 25.0 Å². The van der Waals surface area contributed by atoms with E-state index in [0.717, 1.165) is 33.8 Å². The van der Waals surface area contributed by atoms with Gasteiger partial charge in [-0.15, -0.1) is 11.3 Å². The minimum absolute atomic E-state index is 0.161. The Kier molecular flexibility index (Phi) is 6.50. The summed E-state index contributed by atoms with van der Waals surface area (Å²) in [7, 11) is 0. The molecule has 250 valence electrons. The molecular formula is C50H34N2S. The Hall–Kier alpha value is -6.29. The minimum Gasteiger partial charge on any atom is -0.308 e. The zero-order chi connectivity index (χ0) is 35.3. The molecule has 10 aromatic rings. The van der Waals surface area contributed by atoms with Crippen molar-refractivity contribution in [2.75, 3.05) is 0 Å². The third-order valence-electron chi connectivity index (χ3n) is 11.4. The van der Waals surface area contributed by atoms with Crippen molar-refractivity contribution in [3.8, 4) is 50.5 Å². The van der Waals surface area contributed by atoms with E-state index in [1.807, 2.05) is 11.3 Å². The van der Waals surface area contributed by atoms with Gasteiger partial charge >= 0.3 is 0 Å². The lowest BCUT2D eigenvalue weighted by Gasteiger charge is -2.23. The predicted octanol–water partition coefficient (Wildman–Crippen LogP) is 13.9. The van der Waals surface area contributed by atoms with E-state index in [9.17, 15) is 0 Å². The highest BCUT2D eigenvalue weighted by atomic mass is 32.1. The second kappa shape index (κ2) is 11.4. The monoisotopic (exact) mass is 694 g/mol. The molecule has 0 spiro atoms. The molecule has 3 heteroatoms. The fourth-order valence-electron chi connectivity index (χ4n) is 8.98. The van der Waals surface area contributed by atoms with Crippen LogP contribution >= 0.6 is 11.3 Å². The molecule has 0 bridgehead atoms. The van der Waals surface area contributed by atoms with Crippen LogP contribution in [-0.2, 0) is 5.41 Å². The van der Waals surface area contributed by atoms with Crippen LogP contribution in [0.4, 0.5) is 0 Å². The van der Waals surface area contributed by atoms with Crippen molar-refractivity contribution in [2.24, 2.45) is 0 Å². The fraction of sp³-hybridized carbons (Fsp3) is 0.0600. The van der Waals surface area contributed by atoms with Gasteiger partial charge in [-0.2, -0.15) is 0 Å². The normalized spacial score (nSPS) is 13.2. The van der Waals surface area contributed by atoms with Gasteiger partial charge in [0, 0.05) is 48.5 Å². The van der Waals surface area contributed by atoms with Crippen molar-refractivity contribution in [1.29, 1.82) is 0 Å². The van der Waals surface area contributed by atoms with Crippen LogP contribution in [0.2, 0.25) is 0 Å². The lowest BCUT2D eigenvalue weighted by molar-refractivity contribution is 0.667. The summed E-state index contributed by atoms with van der Waals surface area (Å²) in [5.41, 5.74) is 15.6. The summed E-state index contributed by atoms with van der Waals surface area (Å²) in [6.07, 6.45) is 0. The first-order valence-electron chi connectivity index (χ1n) is 18.3. The molecule has 0 atom stereocenters. The van der Waals surface area contributed by atoms with Crippen molar-refractivity contribution >= 4 is 53.3 Å². The Morgan fingerprint density at radius 2 is 1.13 bits per heavy atom. The largest absolute Gasteiger partial charge is 0.308 e. The third kappa shape index (κ3) is 4.41. The van der Waals surface area contributed by atoms with Gasteiger partial charge in [-0.25, -0.2) is 4.98 Å².